The molecule has 1 fully saturated rings. The minimum atomic E-state index is -0.981. The number of anilines is 2. The molecule has 0 bridgehead atoms. The summed E-state index contributed by atoms with van der Waals surface area (Å²) in [7, 11) is 0. The minimum absolute atomic E-state index is 0.260. The summed E-state index contributed by atoms with van der Waals surface area (Å²) in [6.45, 7) is 6.47. The van der Waals surface area contributed by atoms with E-state index in [1.165, 1.54) is 11.3 Å². The van der Waals surface area contributed by atoms with E-state index >= 15 is 0 Å². The number of amidine groups is 1. The van der Waals surface area contributed by atoms with Crippen molar-refractivity contribution >= 4 is 45.4 Å². The summed E-state index contributed by atoms with van der Waals surface area (Å²) in [5.74, 6) is -0.619. The molecule has 2 aromatic carbocycles. The number of carbonyl (C=O) groups is 1. The first kappa shape index (κ1) is 29.6. The fourth-order valence-corrected chi connectivity index (χ4v) is 5.80. The van der Waals surface area contributed by atoms with E-state index in [9.17, 15) is 4.79 Å². The maximum atomic E-state index is 13.2. The highest BCUT2D eigenvalue weighted by Gasteiger charge is 2.27. The van der Waals surface area contributed by atoms with E-state index in [1.54, 1.807) is 18.5 Å². The molecule has 0 saturated carbocycles. The van der Waals surface area contributed by atoms with Gasteiger partial charge in [0.15, 0.2) is 11.7 Å². The van der Waals surface area contributed by atoms with Crippen LogP contribution in [-0.4, -0.2) is 60.1 Å². The van der Waals surface area contributed by atoms with Gasteiger partial charge in [0.1, 0.15) is 10.0 Å². The lowest BCUT2D eigenvalue weighted by molar-refractivity contribution is -0.116. The van der Waals surface area contributed by atoms with Gasteiger partial charge in [0.05, 0.1) is 13.2 Å². The van der Waals surface area contributed by atoms with Crippen molar-refractivity contribution in [3.63, 3.8) is 0 Å². The van der Waals surface area contributed by atoms with Crippen LogP contribution >= 0.6 is 11.3 Å². The van der Waals surface area contributed by atoms with Crippen LogP contribution in [-0.2, 0) is 14.3 Å². The van der Waals surface area contributed by atoms with Crippen LogP contribution in [0.2, 0.25) is 0 Å². The number of nitrogens with one attached hydrogen (secondary N) is 2. The zero-order valence-corrected chi connectivity index (χ0v) is 24.8. The van der Waals surface area contributed by atoms with E-state index in [4.69, 9.17) is 25.6 Å². The molecule has 0 radical (unpaired) electrons. The molecule has 4 aromatic rings. The molecule has 0 spiro atoms. The summed E-state index contributed by atoms with van der Waals surface area (Å²) in [6, 6.07) is 19.8. The second-order valence-corrected chi connectivity index (χ2v) is 10.3. The van der Waals surface area contributed by atoms with Gasteiger partial charge in [-0.2, -0.15) is 0 Å². The number of rotatable bonds is 5. The van der Waals surface area contributed by atoms with Crippen molar-refractivity contribution in [2.75, 3.05) is 36.5 Å². The van der Waals surface area contributed by atoms with E-state index in [0.29, 0.717) is 42.7 Å². The van der Waals surface area contributed by atoms with Crippen molar-refractivity contribution in [3.05, 3.63) is 102 Å². The number of benzene rings is 2. The Morgan fingerprint density at radius 1 is 1.07 bits per heavy atom. The molecular formula is C32H33N7O3S. The van der Waals surface area contributed by atoms with Gasteiger partial charge in [0.2, 0.25) is 5.90 Å². The fourth-order valence-electron chi connectivity index (χ4n) is 4.69. The van der Waals surface area contributed by atoms with Crippen LogP contribution < -0.4 is 16.0 Å². The molecule has 10 nitrogen and oxygen atoms in total. The standard InChI is InChI=1S/C30H27N7O3S.C2H6/c31-26(25-29(37-13-15-39-16-14-37)41-28(36-25)20-9-6-12-33-18-20)40-30(32)35-24-17-22(19-7-2-1-3-8-19)21-10-4-5-11-23(21)34-27(24)38;1-2/h1-12,17-18,24,31H,13-16H2,(H2,32,35)(H,34,38);1-2H3. The molecule has 1 saturated heterocycles. The van der Waals surface area contributed by atoms with E-state index in [1.807, 2.05) is 80.6 Å². The van der Waals surface area contributed by atoms with Gasteiger partial charge < -0.3 is 25.4 Å². The number of aliphatic imine (C=N–C) groups is 1. The number of amides is 1. The summed E-state index contributed by atoms with van der Waals surface area (Å²) >= 11 is 1.45. The van der Waals surface area contributed by atoms with Gasteiger partial charge in [0.25, 0.3) is 11.9 Å². The molecule has 6 rings (SSSR count). The fraction of sp³-hybridized carbons (Fsp3) is 0.219. The van der Waals surface area contributed by atoms with Crippen molar-refractivity contribution in [3.8, 4) is 10.6 Å². The Balaban J connectivity index is 0.00000180. The Hall–Kier alpha value is -4.87. The Morgan fingerprint density at radius 3 is 2.53 bits per heavy atom. The van der Waals surface area contributed by atoms with Crippen molar-refractivity contribution in [1.29, 1.82) is 5.41 Å². The van der Waals surface area contributed by atoms with Crippen LogP contribution in [0.25, 0.3) is 16.1 Å². The molecule has 2 aliphatic rings. The van der Waals surface area contributed by atoms with Crippen molar-refractivity contribution < 1.29 is 14.3 Å². The van der Waals surface area contributed by atoms with Crippen LogP contribution in [0.15, 0.2) is 90.2 Å². The Kier molecular flexibility index (Phi) is 9.55. The smallest absolute Gasteiger partial charge is 0.290 e. The van der Waals surface area contributed by atoms with Crippen LogP contribution in [0.4, 0.5) is 10.7 Å². The van der Waals surface area contributed by atoms with Crippen LogP contribution in [0.5, 0.6) is 0 Å². The van der Waals surface area contributed by atoms with Crippen LogP contribution in [0, 0.1) is 5.41 Å². The first-order chi connectivity index (χ1) is 21.1. The second-order valence-electron chi connectivity index (χ2n) is 9.34. The minimum Gasteiger partial charge on any atom is -0.405 e. The van der Waals surface area contributed by atoms with Crippen molar-refractivity contribution in [2.24, 2.45) is 10.7 Å². The SMILES string of the molecule is CC.N=C(OC(N)=NC1C=C(c2ccccc2)c2ccccc2NC1=O)c1nc(-c2cccnc2)sc1N1CCOCC1. The summed E-state index contributed by atoms with van der Waals surface area (Å²) in [5, 5.41) is 13.2. The van der Waals surface area contributed by atoms with E-state index in [-0.39, 0.29) is 17.8 Å². The number of ether oxygens (including phenoxy) is 2. The van der Waals surface area contributed by atoms with Gasteiger partial charge in [-0.1, -0.05) is 73.7 Å². The predicted molar refractivity (Wildman–Crippen MR) is 172 cm³/mol. The first-order valence-corrected chi connectivity index (χ1v) is 14.9. The number of hydrogen-bond acceptors (Lipinski definition) is 9. The molecule has 0 aliphatic carbocycles. The highest BCUT2D eigenvalue weighted by atomic mass is 32.1. The average Bonchev–Trinajstić information content (AvgIpc) is 3.46. The molecule has 1 unspecified atom stereocenters. The van der Waals surface area contributed by atoms with Gasteiger partial charge >= 0.3 is 0 Å². The highest BCUT2D eigenvalue weighted by molar-refractivity contribution is 7.19. The number of pyridine rings is 1. The first-order valence-electron chi connectivity index (χ1n) is 14.1. The van der Waals surface area contributed by atoms with Gasteiger partial charge in [-0.25, -0.2) is 9.98 Å². The summed E-state index contributed by atoms with van der Waals surface area (Å²) in [4.78, 5) is 28.6. The van der Waals surface area contributed by atoms with Gasteiger partial charge in [0, 0.05) is 42.3 Å². The highest BCUT2D eigenvalue weighted by Crippen LogP contribution is 2.36. The molecule has 1 atom stereocenters. The van der Waals surface area contributed by atoms with Gasteiger partial charge in [-0.3, -0.25) is 15.2 Å². The molecule has 4 N–H and O–H groups in total. The molecule has 1 amide bonds. The Bertz CT molecular complexity index is 1630. The van der Waals surface area contributed by atoms with E-state index in [2.05, 4.69) is 20.2 Å². The molecular weight excluding hydrogens is 562 g/mol. The Morgan fingerprint density at radius 2 is 1.79 bits per heavy atom. The third-order valence-corrected chi connectivity index (χ3v) is 7.82. The lowest BCUT2D eigenvalue weighted by Crippen LogP contribution is -2.37. The largest absolute Gasteiger partial charge is 0.405 e. The molecule has 2 aliphatic heterocycles. The molecule has 4 heterocycles. The zero-order chi connectivity index (χ0) is 30.2. The maximum absolute atomic E-state index is 13.2. The number of carbonyl (C=O) groups excluding carboxylic acids is 1. The number of hydrogen-bond donors (Lipinski definition) is 3. The number of fused-ring (bicyclic) bond motifs is 1. The third kappa shape index (κ3) is 6.79. The van der Waals surface area contributed by atoms with Crippen LogP contribution in [0.1, 0.15) is 30.7 Å². The number of nitrogens with zero attached hydrogens (tertiary/aromatic N) is 4. The van der Waals surface area contributed by atoms with Crippen LogP contribution in [0.3, 0.4) is 0 Å². The van der Waals surface area contributed by atoms with E-state index < -0.39 is 6.04 Å². The summed E-state index contributed by atoms with van der Waals surface area (Å²) < 4.78 is 11.2. The van der Waals surface area contributed by atoms with E-state index in [0.717, 1.165) is 27.3 Å². The van der Waals surface area contributed by atoms with Gasteiger partial charge in [-0.15, -0.1) is 0 Å². The van der Waals surface area contributed by atoms with Gasteiger partial charge in [-0.05, 0) is 35.4 Å². The van der Waals surface area contributed by atoms with Crippen molar-refractivity contribution in [2.45, 2.75) is 19.9 Å². The normalized spacial score (nSPS) is 16.6. The van der Waals surface area contributed by atoms with Crippen molar-refractivity contribution in [1.82, 2.24) is 9.97 Å². The Labute approximate surface area is 254 Å². The second kappa shape index (κ2) is 13.9. The lowest BCUT2D eigenvalue weighted by atomic mass is 9.96. The quantitative estimate of drug-likeness (QED) is 0.214. The molecule has 2 aromatic heterocycles. The number of aromatic nitrogens is 2. The summed E-state index contributed by atoms with van der Waals surface area (Å²) in [5.41, 5.74) is 10.7. The topological polar surface area (TPSA) is 139 Å². The number of morpholine rings is 1. The lowest BCUT2D eigenvalue weighted by Gasteiger charge is -2.27. The average molecular weight is 596 g/mol. The molecule has 43 heavy (non-hydrogen) atoms. The zero-order valence-electron chi connectivity index (χ0n) is 24.0. The molecule has 11 heteroatoms. The monoisotopic (exact) mass is 595 g/mol. The number of nitrogens with two attached hydrogens (primary N) is 1. The maximum Gasteiger partial charge on any atom is 0.290 e. The number of para-hydroxylation sites is 1. The predicted octanol–water partition coefficient (Wildman–Crippen LogP) is 5.18. The molecule has 220 valence electrons. The third-order valence-electron chi connectivity index (χ3n) is 6.66. The number of thiazole rings is 1. The summed E-state index contributed by atoms with van der Waals surface area (Å²) in [6.07, 6.45) is 5.19.